The van der Waals surface area contributed by atoms with Crippen LogP contribution in [0.2, 0.25) is 5.02 Å². The van der Waals surface area contributed by atoms with Gasteiger partial charge >= 0.3 is 0 Å². The predicted octanol–water partition coefficient (Wildman–Crippen LogP) is 2.98. The molecule has 0 aliphatic heterocycles. The van der Waals surface area contributed by atoms with Crippen molar-refractivity contribution < 1.29 is 4.39 Å². The van der Waals surface area contributed by atoms with Crippen LogP contribution < -0.4 is 5.32 Å². The molecule has 1 aromatic rings. The maximum Gasteiger partial charge on any atom is 0.125 e. The van der Waals surface area contributed by atoms with Crippen LogP contribution in [0.3, 0.4) is 0 Å². The Morgan fingerprint density at radius 3 is 2.67 bits per heavy atom. The molecule has 0 unspecified atom stereocenters. The van der Waals surface area contributed by atoms with Gasteiger partial charge < -0.3 is 0 Å². The summed E-state index contributed by atoms with van der Waals surface area (Å²) in [6.45, 7) is 4.26. The number of halogens is 2. The van der Waals surface area contributed by atoms with E-state index in [1.54, 1.807) is 6.07 Å². The van der Waals surface area contributed by atoms with E-state index in [2.05, 4.69) is 11.2 Å². The molecule has 0 radical (unpaired) electrons. The number of terminal acetylenes is 1. The third kappa shape index (κ3) is 3.91. The molecule has 1 aromatic carbocycles. The molecule has 0 spiro atoms. The van der Waals surface area contributed by atoms with E-state index < -0.39 is 5.54 Å². The first-order valence-electron chi connectivity index (χ1n) is 4.61. The lowest BCUT2D eigenvalue weighted by Crippen LogP contribution is -2.36. The highest BCUT2D eigenvalue weighted by atomic mass is 35.5. The lowest BCUT2D eigenvalue weighted by Gasteiger charge is -2.19. The Balaban J connectivity index is 2.71. The lowest BCUT2D eigenvalue weighted by atomic mass is 10.1. The quantitative estimate of drug-likeness (QED) is 0.780. The first kappa shape index (κ1) is 12.0. The zero-order chi connectivity index (χ0) is 11.5. The summed E-state index contributed by atoms with van der Waals surface area (Å²) >= 11 is 5.73. The second-order valence-corrected chi connectivity index (χ2v) is 4.34. The molecule has 0 saturated carbocycles. The van der Waals surface area contributed by atoms with Crippen LogP contribution in [-0.4, -0.2) is 5.54 Å². The third-order valence-electron chi connectivity index (χ3n) is 2.02. The molecule has 1 rings (SSSR count). The van der Waals surface area contributed by atoms with E-state index in [4.69, 9.17) is 18.0 Å². The van der Waals surface area contributed by atoms with Crippen LogP contribution in [0.15, 0.2) is 18.2 Å². The fraction of sp³-hybridized carbons (Fsp3) is 0.333. The first-order chi connectivity index (χ1) is 6.93. The normalized spacial score (nSPS) is 11.1. The third-order valence-corrected chi connectivity index (χ3v) is 2.24. The summed E-state index contributed by atoms with van der Waals surface area (Å²) in [6, 6.07) is 4.42. The van der Waals surface area contributed by atoms with Crippen molar-refractivity contribution in [2.45, 2.75) is 25.9 Å². The molecule has 0 heterocycles. The van der Waals surface area contributed by atoms with Gasteiger partial charge in [-0.25, -0.2) is 4.39 Å². The minimum Gasteiger partial charge on any atom is -0.298 e. The Morgan fingerprint density at radius 2 is 2.13 bits per heavy atom. The van der Waals surface area contributed by atoms with Crippen molar-refractivity contribution in [1.29, 1.82) is 0 Å². The van der Waals surface area contributed by atoms with Crippen LogP contribution in [0.5, 0.6) is 0 Å². The van der Waals surface area contributed by atoms with Crippen molar-refractivity contribution in [1.82, 2.24) is 5.32 Å². The topological polar surface area (TPSA) is 12.0 Å². The van der Waals surface area contributed by atoms with Gasteiger partial charge in [-0.2, -0.15) is 0 Å². The highest BCUT2D eigenvalue weighted by Gasteiger charge is 2.12. The maximum atomic E-state index is 13.0. The molecule has 0 bridgehead atoms. The highest BCUT2D eigenvalue weighted by molar-refractivity contribution is 6.30. The number of hydrogen-bond acceptors (Lipinski definition) is 1. The molecule has 0 atom stereocenters. The summed E-state index contributed by atoms with van der Waals surface area (Å²) in [5.41, 5.74) is 0.377. The molecule has 0 fully saturated rings. The summed E-state index contributed by atoms with van der Waals surface area (Å²) in [5, 5.41) is 3.51. The highest BCUT2D eigenvalue weighted by Crippen LogP contribution is 2.14. The van der Waals surface area contributed by atoms with E-state index in [1.165, 1.54) is 12.1 Å². The summed E-state index contributed by atoms with van der Waals surface area (Å²) in [4.78, 5) is 0. The monoisotopic (exact) mass is 225 g/mol. The second kappa shape index (κ2) is 4.65. The van der Waals surface area contributed by atoms with E-state index in [1.807, 2.05) is 13.8 Å². The van der Waals surface area contributed by atoms with Gasteiger partial charge in [0.2, 0.25) is 0 Å². The Kier molecular flexibility index (Phi) is 3.73. The van der Waals surface area contributed by atoms with E-state index in [0.29, 0.717) is 11.6 Å². The molecule has 80 valence electrons. The van der Waals surface area contributed by atoms with Crippen LogP contribution >= 0.6 is 11.6 Å². The summed E-state index contributed by atoms with van der Waals surface area (Å²) in [6.07, 6.45) is 5.32. The molecule has 15 heavy (non-hydrogen) atoms. The first-order valence-corrected chi connectivity index (χ1v) is 4.98. The van der Waals surface area contributed by atoms with Crippen molar-refractivity contribution >= 4 is 11.6 Å². The molecular weight excluding hydrogens is 213 g/mol. The van der Waals surface area contributed by atoms with Crippen molar-refractivity contribution in [2.24, 2.45) is 0 Å². The minimum atomic E-state index is -0.404. The molecule has 3 heteroatoms. The van der Waals surface area contributed by atoms with Crippen LogP contribution in [-0.2, 0) is 6.54 Å². The van der Waals surface area contributed by atoms with Crippen molar-refractivity contribution in [3.63, 3.8) is 0 Å². The number of hydrogen-bond donors (Lipinski definition) is 1. The van der Waals surface area contributed by atoms with Gasteiger partial charge in [-0.3, -0.25) is 5.32 Å². The molecule has 0 saturated heterocycles. The van der Waals surface area contributed by atoms with Crippen LogP contribution in [0.25, 0.3) is 0 Å². The number of benzene rings is 1. The van der Waals surface area contributed by atoms with Crippen LogP contribution in [0.1, 0.15) is 19.4 Å². The fourth-order valence-corrected chi connectivity index (χ4v) is 1.33. The van der Waals surface area contributed by atoms with Gasteiger partial charge in [0.15, 0.2) is 0 Å². The van der Waals surface area contributed by atoms with Gasteiger partial charge in [0, 0.05) is 11.6 Å². The molecule has 0 amide bonds. The number of rotatable bonds is 3. The van der Waals surface area contributed by atoms with Crippen molar-refractivity contribution in [3.8, 4) is 12.3 Å². The van der Waals surface area contributed by atoms with Gasteiger partial charge in [-0.15, -0.1) is 6.42 Å². The van der Waals surface area contributed by atoms with E-state index >= 15 is 0 Å². The van der Waals surface area contributed by atoms with E-state index in [0.717, 1.165) is 5.56 Å². The van der Waals surface area contributed by atoms with Crippen molar-refractivity contribution in [3.05, 3.63) is 34.6 Å². The zero-order valence-electron chi connectivity index (χ0n) is 8.77. The summed E-state index contributed by atoms with van der Waals surface area (Å²) in [7, 11) is 0. The Morgan fingerprint density at radius 1 is 1.47 bits per heavy atom. The van der Waals surface area contributed by atoms with Crippen LogP contribution in [0, 0.1) is 18.2 Å². The molecule has 1 N–H and O–H groups in total. The Labute approximate surface area is 94.6 Å². The van der Waals surface area contributed by atoms with Gasteiger partial charge in [0.25, 0.3) is 0 Å². The SMILES string of the molecule is C#CC(C)(C)NCc1cc(F)cc(Cl)c1. The molecule has 0 aromatic heterocycles. The smallest absolute Gasteiger partial charge is 0.125 e. The van der Waals surface area contributed by atoms with Crippen molar-refractivity contribution in [2.75, 3.05) is 0 Å². The summed E-state index contributed by atoms with van der Waals surface area (Å²) in [5.74, 6) is 2.27. The molecule has 0 aliphatic carbocycles. The molecule has 1 nitrogen and oxygen atoms in total. The van der Waals surface area contributed by atoms with Gasteiger partial charge in [0.05, 0.1) is 5.54 Å². The second-order valence-electron chi connectivity index (χ2n) is 3.90. The lowest BCUT2D eigenvalue weighted by molar-refractivity contribution is 0.489. The Bertz CT molecular complexity index is 373. The average Bonchev–Trinajstić information content (AvgIpc) is 2.14. The largest absolute Gasteiger partial charge is 0.298 e. The minimum absolute atomic E-state index is 0.335. The van der Waals surface area contributed by atoms with E-state index in [9.17, 15) is 4.39 Å². The molecule has 0 aliphatic rings. The summed E-state index contributed by atoms with van der Waals surface area (Å²) < 4.78 is 13.0. The van der Waals surface area contributed by atoms with Gasteiger partial charge in [-0.05, 0) is 37.6 Å². The standard InChI is InChI=1S/C12H13ClFN/c1-4-12(2,3)15-8-9-5-10(13)7-11(14)6-9/h1,5-7,15H,8H2,2-3H3. The molecular formula is C12H13ClFN. The number of nitrogens with one attached hydrogen (secondary N) is 1. The Hall–Kier alpha value is -1.04. The van der Waals surface area contributed by atoms with Gasteiger partial charge in [0.1, 0.15) is 5.82 Å². The van der Waals surface area contributed by atoms with E-state index in [-0.39, 0.29) is 5.82 Å². The average molecular weight is 226 g/mol. The van der Waals surface area contributed by atoms with Gasteiger partial charge in [-0.1, -0.05) is 17.5 Å². The predicted molar refractivity (Wildman–Crippen MR) is 61.2 cm³/mol. The maximum absolute atomic E-state index is 13.0. The zero-order valence-corrected chi connectivity index (χ0v) is 9.53. The van der Waals surface area contributed by atoms with Crippen LogP contribution in [0.4, 0.5) is 4.39 Å². The fourth-order valence-electron chi connectivity index (χ4n) is 1.09.